The normalized spacial score (nSPS) is 9.67. The minimum Gasteiger partial charge on any atom is -0.478 e. The van der Waals surface area contributed by atoms with E-state index in [4.69, 9.17) is 22.1 Å². The fourth-order valence-corrected chi connectivity index (χ4v) is 1.05. The number of hydrogen-bond donors (Lipinski definition) is 2. The van der Waals surface area contributed by atoms with Crippen LogP contribution in [0.2, 0.25) is 0 Å². The molecule has 0 saturated carbocycles. The first kappa shape index (κ1) is 11.3. The number of benzene rings is 1. The van der Waals surface area contributed by atoms with Crippen LogP contribution in [-0.4, -0.2) is 22.2 Å². The van der Waals surface area contributed by atoms with Gasteiger partial charge >= 0.3 is 11.9 Å². The molecule has 0 bridgehead atoms. The fourth-order valence-electron chi connectivity index (χ4n) is 0.975. The number of halogens is 1. The summed E-state index contributed by atoms with van der Waals surface area (Å²) in [6.07, 6.45) is 0. The lowest BCUT2D eigenvalue weighted by atomic mass is 10.1. The van der Waals surface area contributed by atoms with E-state index >= 15 is 0 Å². The Balaban J connectivity index is 3.21. The summed E-state index contributed by atoms with van der Waals surface area (Å²) in [6, 6.07) is 3.30. The molecule has 2 N–H and O–H groups in total. The van der Waals surface area contributed by atoms with Crippen molar-refractivity contribution in [2.45, 2.75) is 0 Å². The highest BCUT2D eigenvalue weighted by atomic mass is 35.5. The molecule has 0 aliphatic rings. The average Bonchev–Trinajstić information content (AvgIpc) is 2.17. The molecule has 1 rings (SSSR count). The Kier molecular flexibility index (Phi) is 3.48. The molecular weight excluding hydrogens is 228 g/mol. The van der Waals surface area contributed by atoms with E-state index in [2.05, 4.69) is 9.33 Å². The molecule has 0 aliphatic heterocycles. The van der Waals surface area contributed by atoms with Crippen molar-refractivity contribution in [2.75, 3.05) is 0 Å². The zero-order valence-corrected chi connectivity index (χ0v) is 7.89. The second-order valence-corrected chi connectivity index (χ2v) is 2.59. The zero-order chi connectivity index (χ0) is 11.4. The van der Waals surface area contributed by atoms with E-state index in [0.717, 1.165) is 12.1 Å². The van der Waals surface area contributed by atoms with Gasteiger partial charge in [-0.3, -0.25) is 0 Å². The predicted molar refractivity (Wildman–Crippen MR) is 47.9 cm³/mol. The first-order valence-corrected chi connectivity index (χ1v) is 3.93. The molecule has 0 fully saturated rings. The van der Waals surface area contributed by atoms with Crippen molar-refractivity contribution in [1.29, 1.82) is 0 Å². The molecule has 0 spiro atoms. The molecule has 6 nitrogen and oxygen atoms in total. The van der Waals surface area contributed by atoms with Crippen LogP contribution in [0.4, 0.5) is 0 Å². The van der Waals surface area contributed by atoms with Crippen LogP contribution in [0, 0.1) is 0 Å². The molecule has 0 atom stereocenters. The van der Waals surface area contributed by atoms with Crippen molar-refractivity contribution in [3.05, 3.63) is 29.3 Å². The van der Waals surface area contributed by atoms with E-state index in [1.54, 1.807) is 0 Å². The molecule has 80 valence electrons. The molecule has 7 heteroatoms. The lowest BCUT2D eigenvalue weighted by Gasteiger charge is -2.03. The number of carboxylic acid groups (broad SMARTS) is 2. The van der Waals surface area contributed by atoms with Gasteiger partial charge in [0.25, 0.3) is 0 Å². The van der Waals surface area contributed by atoms with E-state index in [0.29, 0.717) is 0 Å². The van der Waals surface area contributed by atoms with Gasteiger partial charge in [-0.2, -0.15) is 0 Å². The van der Waals surface area contributed by atoms with Gasteiger partial charge in [-0.25, -0.2) is 9.59 Å². The maximum absolute atomic E-state index is 10.7. The van der Waals surface area contributed by atoms with Gasteiger partial charge in [0.1, 0.15) is 11.9 Å². The Bertz CT molecular complexity index is 402. The van der Waals surface area contributed by atoms with Crippen LogP contribution in [0.5, 0.6) is 5.75 Å². The summed E-state index contributed by atoms with van der Waals surface area (Å²) in [5.74, 6) is -2.73. The first-order chi connectivity index (χ1) is 7.06. The average molecular weight is 233 g/mol. The minimum absolute atomic E-state index is 0.00704. The molecule has 0 aliphatic carbocycles. The van der Waals surface area contributed by atoms with Crippen LogP contribution in [0.15, 0.2) is 18.2 Å². The molecule has 15 heavy (non-hydrogen) atoms. The van der Waals surface area contributed by atoms with Crippen molar-refractivity contribution in [1.82, 2.24) is 0 Å². The van der Waals surface area contributed by atoms with Gasteiger partial charge < -0.3 is 15.1 Å². The van der Waals surface area contributed by atoms with E-state index in [-0.39, 0.29) is 11.3 Å². The molecule has 1 aromatic carbocycles. The van der Waals surface area contributed by atoms with Crippen LogP contribution in [0.25, 0.3) is 0 Å². The van der Waals surface area contributed by atoms with Gasteiger partial charge in [-0.05, 0) is 18.2 Å². The zero-order valence-electron chi connectivity index (χ0n) is 7.14. The van der Waals surface area contributed by atoms with Crippen molar-refractivity contribution in [2.24, 2.45) is 0 Å². The number of aromatic carboxylic acids is 2. The Hall–Kier alpha value is -1.79. The lowest BCUT2D eigenvalue weighted by Crippen LogP contribution is -2.08. The molecule has 0 heterocycles. The van der Waals surface area contributed by atoms with Crippen LogP contribution < -0.4 is 4.89 Å². The Morgan fingerprint density at radius 3 is 2.20 bits per heavy atom. The molecule has 0 aromatic heterocycles. The maximum Gasteiger partial charge on any atom is 0.336 e. The summed E-state index contributed by atoms with van der Waals surface area (Å²) in [6.45, 7) is 0. The number of carboxylic acids is 2. The maximum atomic E-state index is 10.7. The Morgan fingerprint density at radius 1 is 1.13 bits per heavy atom. The Labute approximate surface area is 88.7 Å². The van der Waals surface area contributed by atoms with Gasteiger partial charge in [0.2, 0.25) is 0 Å². The summed E-state index contributed by atoms with van der Waals surface area (Å²) in [4.78, 5) is 25.7. The fraction of sp³-hybridized carbons (Fsp3) is 0. The van der Waals surface area contributed by atoms with Crippen LogP contribution in [0.1, 0.15) is 20.7 Å². The van der Waals surface area contributed by atoms with Crippen molar-refractivity contribution in [3.63, 3.8) is 0 Å². The van der Waals surface area contributed by atoms with Gasteiger partial charge in [-0.15, -0.1) is 0 Å². The summed E-state index contributed by atoms with van der Waals surface area (Å²) < 4.78 is 3.79. The van der Waals surface area contributed by atoms with Crippen molar-refractivity contribution >= 4 is 23.8 Å². The molecule has 0 saturated heterocycles. The van der Waals surface area contributed by atoms with Gasteiger partial charge in [-0.1, -0.05) is 4.44 Å². The standard InChI is InChI=1S/C8H5ClO6/c9-15-14-4-1-2-5(7(10)11)6(3-4)8(12)13/h1-3H,(H,10,11)(H,12,13). The minimum atomic E-state index is -1.38. The molecule has 1 aromatic rings. The largest absolute Gasteiger partial charge is 0.478 e. The number of hydrogen-bond acceptors (Lipinski definition) is 4. The first-order valence-electron chi connectivity index (χ1n) is 3.62. The second-order valence-electron chi connectivity index (χ2n) is 2.46. The third-order valence-corrected chi connectivity index (χ3v) is 1.64. The van der Waals surface area contributed by atoms with Gasteiger partial charge in [0.05, 0.1) is 11.1 Å². The molecule has 0 amide bonds. The van der Waals surface area contributed by atoms with Crippen molar-refractivity contribution in [3.8, 4) is 5.75 Å². The third-order valence-electron chi connectivity index (χ3n) is 1.58. The van der Waals surface area contributed by atoms with Crippen LogP contribution in [0.3, 0.4) is 0 Å². The van der Waals surface area contributed by atoms with E-state index in [9.17, 15) is 9.59 Å². The highest BCUT2D eigenvalue weighted by Gasteiger charge is 2.16. The van der Waals surface area contributed by atoms with Gasteiger partial charge in [0, 0.05) is 0 Å². The summed E-state index contributed by atoms with van der Waals surface area (Å²) in [5, 5.41) is 17.4. The van der Waals surface area contributed by atoms with E-state index < -0.39 is 17.5 Å². The lowest BCUT2D eigenvalue weighted by molar-refractivity contribution is -0.0919. The Morgan fingerprint density at radius 2 is 1.73 bits per heavy atom. The third kappa shape index (κ3) is 2.58. The predicted octanol–water partition coefficient (Wildman–Crippen LogP) is 1.55. The molecule has 0 unspecified atom stereocenters. The van der Waals surface area contributed by atoms with E-state index in [1.807, 2.05) is 0 Å². The highest BCUT2D eigenvalue weighted by molar-refractivity contribution is 6.06. The van der Waals surface area contributed by atoms with Crippen molar-refractivity contribution < 1.29 is 29.1 Å². The quantitative estimate of drug-likeness (QED) is 0.604. The SMILES string of the molecule is O=C(O)c1ccc(OOCl)cc1C(=O)O. The van der Waals surface area contributed by atoms with E-state index in [1.165, 1.54) is 6.07 Å². The molecule has 0 radical (unpaired) electrons. The number of carbonyl (C=O) groups is 2. The topological polar surface area (TPSA) is 93.1 Å². The highest BCUT2D eigenvalue weighted by Crippen LogP contribution is 2.18. The van der Waals surface area contributed by atoms with Gasteiger partial charge in [0.15, 0.2) is 5.75 Å². The van der Waals surface area contributed by atoms with Crippen LogP contribution in [-0.2, 0) is 4.44 Å². The molecular formula is C8H5ClO6. The second kappa shape index (κ2) is 4.63. The summed E-state index contributed by atoms with van der Waals surface area (Å²) in [7, 11) is 0. The van der Waals surface area contributed by atoms with Crippen LogP contribution >= 0.6 is 11.9 Å². The number of rotatable bonds is 4. The smallest absolute Gasteiger partial charge is 0.336 e. The summed E-state index contributed by atoms with van der Waals surface area (Å²) in [5.41, 5.74) is -0.752. The summed E-state index contributed by atoms with van der Waals surface area (Å²) >= 11 is 4.78. The monoisotopic (exact) mass is 232 g/mol.